The van der Waals surface area contributed by atoms with Crippen LogP contribution < -0.4 is 5.32 Å². The number of anilines is 1. The van der Waals surface area contributed by atoms with Crippen LogP contribution in [-0.4, -0.2) is 44.3 Å². The number of benzene rings is 3. The van der Waals surface area contributed by atoms with Crippen LogP contribution in [0.5, 0.6) is 0 Å². The molecule has 0 saturated heterocycles. The molecule has 2 N–H and O–H groups in total. The van der Waals surface area contributed by atoms with Gasteiger partial charge in [-0.3, -0.25) is 19.3 Å². The first-order valence-corrected chi connectivity index (χ1v) is 13.7. The number of nitrogens with zero attached hydrogens (tertiary/aromatic N) is 2. The summed E-state index contributed by atoms with van der Waals surface area (Å²) in [5.41, 5.74) is 4.31. The average Bonchev–Trinajstić information content (AvgIpc) is 3.31. The highest BCUT2D eigenvalue weighted by molar-refractivity contribution is 6.23. The summed E-state index contributed by atoms with van der Waals surface area (Å²) in [4.78, 5) is 51.9. The van der Waals surface area contributed by atoms with Crippen molar-refractivity contribution in [3.63, 3.8) is 0 Å². The van der Waals surface area contributed by atoms with Gasteiger partial charge in [0.2, 0.25) is 5.91 Å². The van der Waals surface area contributed by atoms with Crippen LogP contribution in [0.3, 0.4) is 0 Å². The Balaban J connectivity index is 1.64. The van der Waals surface area contributed by atoms with Crippen LogP contribution in [0.1, 0.15) is 80.3 Å². The zero-order chi connectivity index (χ0) is 30.0. The number of aromatic nitrogens is 1. The van der Waals surface area contributed by atoms with E-state index in [2.05, 4.69) is 59.0 Å². The monoisotopic (exact) mass is 553 g/mol. The molecule has 0 fully saturated rings. The molecular weight excluding hydrogens is 518 g/mol. The van der Waals surface area contributed by atoms with E-state index in [0.717, 1.165) is 37.8 Å². The van der Waals surface area contributed by atoms with Gasteiger partial charge in [-0.25, -0.2) is 4.79 Å². The van der Waals surface area contributed by atoms with E-state index in [1.54, 1.807) is 0 Å². The van der Waals surface area contributed by atoms with E-state index in [1.807, 2.05) is 28.8 Å². The average molecular weight is 554 g/mol. The molecule has 3 amide bonds. The fourth-order valence-corrected chi connectivity index (χ4v) is 5.50. The number of carboxylic acids is 1. The van der Waals surface area contributed by atoms with Crippen molar-refractivity contribution in [3.05, 3.63) is 76.9 Å². The van der Waals surface area contributed by atoms with Crippen LogP contribution in [0.25, 0.3) is 21.8 Å². The number of amides is 3. The zero-order valence-corrected chi connectivity index (χ0v) is 24.5. The third kappa shape index (κ3) is 4.88. The van der Waals surface area contributed by atoms with E-state index in [0.29, 0.717) is 5.69 Å². The molecule has 0 aliphatic carbocycles. The molecule has 3 aromatic carbocycles. The second kappa shape index (κ2) is 9.58. The van der Waals surface area contributed by atoms with E-state index in [4.69, 9.17) is 0 Å². The second-order valence-corrected chi connectivity index (χ2v) is 12.9. The summed E-state index contributed by atoms with van der Waals surface area (Å²) in [6.07, 6.45) is 0. The molecule has 1 atom stereocenters. The molecule has 1 aromatic heterocycles. The standard InChI is InChI=1S/C33H35N3O5/c1-18(37)34-21-10-11-22-25(16-21)30(39)36(29(22)38)28(31(40)41)17-35-26-12-8-19(32(2,3)4)14-23(26)24-15-20(33(5,6)7)9-13-27(24)35/h8-16,28H,17H2,1-7H3,(H,34,37)(H,40,41). The summed E-state index contributed by atoms with van der Waals surface area (Å²) in [7, 11) is 0. The lowest BCUT2D eigenvalue weighted by Crippen LogP contribution is -2.47. The lowest BCUT2D eigenvalue weighted by molar-refractivity contribution is -0.142. The predicted octanol–water partition coefficient (Wildman–Crippen LogP) is 6.10. The van der Waals surface area contributed by atoms with E-state index < -0.39 is 23.8 Å². The van der Waals surface area contributed by atoms with Crippen molar-refractivity contribution in [1.82, 2.24) is 9.47 Å². The Hall–Kier alpha value is -4.46. The van der Waals surface area contributed by atoms with Gasteiger partial charge in [0.25, 0.3) is 11.8 Å². The minimum atomic E-state index is -1.45. The van der Waals surface area contributed by atoms with E-state index in [-0.39, 0.29) is 34.4 Å². The third-order valence-electron chi connectivity index (χ3n) is 7.79. The molecule has 4 aromatic rings. The molecule has 8 nitrogen and oxygen atoms in total. The molecule has 212 valence electrons. The Morgan fingerprint density at radius 1 is 0.780 bits per heavy atom. The van der Waals surface area contributed by atoms with E-state index in [1.165, 1.54) is 25.1 Å². The minimum absolute atomic E-state index is 0.0689. The van der Waals surface area contributed by atoms with Crippen LogP contribution >= 0.6 is 0 Å². The van der Waals surface area contributed by atoms with Gasteiger partial charge < -0.3 is 15.0 Å². The van der Waals surface area contributed by atoms with Crippen molar-refractivity contribution in [2.24, 2.45) is 0 Å². The van der Waals surface area contributed by atoms with Gasteiger partial charge in [-0.2, -0.15) is 0 Å². The third-order valence-corrected chi connectivity index (χ3v) is 7.79. The highest BCUT2D eigenvalue weighted by Crippen LogP contribution is 2.37. The number of aliphatic carboxylic acids is 1. The first-order valence-electron chi connectivity index (χ1n) is 13.7. The number of hydrogen-bond donors (Lipinski definition) is 2. The number of carbonyl (C=O) groups is 4. The second-order valence-electron chi connectivity index (χ2n) is 12.9. The van der Waals surface area contributed by atoms with Gasteiger partial charge in [-0.15, -0.1) is 0 Å². The summed E-state index contributed by atoms with van der Waals surface area (Å²) in [6, 6.07) is 15.3. The van der Waals surface area contributed by atoms with Crippen molar-refractivity contribution in [2.45, 2.75) is 71.9 Å². The van der Waals surface area contributed by atoms with Crippen molar-refractivity contribution in [1.29, 1.82) is 0 Å². The minimum Gasteiger partial charge on any atom is -0.480 e. The largest absolute Gasteiger partial charge is 0.480 e. The Labute approximate surface area is 238 Å². The van der Waals surface area contributed by atoms with Gasteiger partial charge >= 0.3 is 5.97 Å². The van der Waals surface area contributed by atoms with Gasteiger partial charge in [0, 0.05) is 34.4 Å². The molecule has 1 aliphatic rings. The maximum absolute atomic E-state index is 13.5. The number of carboxylic acid groups (broad SMARTS) is 1. The molecule has 2 heterocycles. The predicted molar refractivity (Wildman–Crippen MR) is 160 cm³/mol. The topological polar surface area (TPSA) is 109 Å². The van der Waals surface area contributed by atoms with Crippen molar-refractivity contribution >= 4 is 51.2 Å². The molecular formula is C33H35N3O5. The number of rotatable bonds is 5. The van der Waals surface area contributed by atoms with Gasteiger partial charge in [0.05, 0.1) is 17.7 Å². The molecule has 1 aliphatic heterocycles. The molecule has 0 radical (unpaired) electrons. The molecule has 1 unspecified atom stereocenters. The van der Waals surface area contributed by atoms with Gasteiger partial charge in [-0.1, -0.05) is 53.7 Å². The van der Waals surface area contributed by atoms with Crippen molar-refractivity contribution in [3.8, 4) is 0 Å². The number of carbonyl (C=O) groups excluding carboxylic acids is 3. The number of imide groups is 1. The number of nitrogens with one attached hydrogen (secondary N) is 1. The first-order chi connectivity index (χ1) is 19.1. The van der Waals surface area contributed by atoms with Gasteiger partial charge in [0.15, 0.2) is 6.04 Å². The zero-order valence-electron chi connectivity index (χ0n) is 24.5. The fraction of sp³-hybridized carbons (Fsp3) is 0.333. The molecule has 0 saturated carbocycles. The maximum Gasteiger partial charge on any atom is 0.328 e. The Kier molecular flexibility index (Phi) is 6.56. The van der Waals surface area contributed by atoms with Crippen LogP contribution in [-0.2, 0) is 27.0 Å². The van der Waals surface area contributed by atoms with E-state index in [9.17, 15) is 24.3 Å². The highest BCUT2D eigenvalue weighted by atomic mass is 16.4. The lowest BCUT2D eigenvalue weighted by atomic mass is 9.85. The maximum atomic E-state index is 13.5. The lowest BCUT2D eigenvalue weighted by Gasteiger charge is -2.24. The molecule has 5 rings (SSSR count). The fourth-order valence-electron chi connectivity index (χ4n) is 5.50. The summed E-state index contributed by atoms with van der Waals surface area (Å²) in [5.74, 6) is -2.97. The Bertz CT molecular complexity index is 1700. The Morgan fingerprint density at radius 2 is 1.29 bits per heavy atom. The molecule has 8 heteroatoms. The molecule has 41 heavy (non-hydrogen) atoms. The quantitative estimate of drug-likeness (QED) is 0.291. The molecule has 0 bridgehead atoms. The normalized spacial score (nSPS) is 14.6. The SMILES string of the molecule is CC(=O)Nc1ccc2c(c1)C(=O)N(C(Cn1c3ccc(C(C)(C)C)cc3c3cc(C(C)(C)C)ccc31)C(=O)O)C2=O. The summed E-state index contributed by atoms with van der Waals surface area (Å²) < 4.78 is 1.90. The summed E-state index contributed by atoms with van der Waals surface area (Å²) in [5, 5.41) is 14.9. The van der Waals surface area contributed by atoms with Crippen LogP contribution in [0.4, 0.5) is 5.69 Å². The summed E-state index contributed by atoms with van der Waals surface area (Å²) >= 11 is 0. The van der Waals surface area contributed by atoms with Crippen LogP contribution in [0.2, 0.25) is 0 Å². The van der Waals surface area contributed by atoms with Crippen molar-refractivity contribution in [2.75, 3.05) is 5.32 Å². The number of hydrogen-bond acceptors (Lipinski definition) is 4. The van der Waals surface area contributed by atoms with Crippen molar-refractivity contribution < 1.29 is 24.3 Å². The summed E-state index contributed by atoms with van der Waals surface area (Å²) in [6.45, 7) is 14.1. The number of fused-ring (bicyclic) bond motifs is 4. The van der Waals surface area contributed by atoms with Crippen LogP contribution in [0.15, 0.2) is 54.6 Å². The van der Waals surface area contributed by atoms with Gasteiger partial charge in [-0.05, 0) is 64.4 Å². The first kappa shape index (κ1) is 28.1. The Morgan fingerprint density at radius 3 is 1.76 bits per heavy atom. The highest BCUT2D eigenvalue weighted by Gasteiger charge is 2.43. The van der Waals surface area contributed by atoms with Crippen LogP contribution in [0, 0.1) is 0 Å². The van der Waals surface area contributed by atoms with E-state index >= 15 is 0 Å². The molecule has 0 spiro atoms. The smallest absolute Gasteiger partial charge is 0.328 e. The van der Waals surface area contributed by atoms with Gasteiger partial charge in [0.1, 0.15) is 0 Å².